The summed E-state index contributed by atoms with van der Waals surface area (Å²) in [6.07, 6.45) is 2.34. The minimum absolute atomic E-state index is 0.384. The Balaban J connectivity index is 1.90. The zero-order chi connectivity index (χ0) is 18.8. The third-order valence-corrected chi connectivity index (χ3v) is 6.81. The molecule has 2 heterocycles. The van der Waals surface area contributed by atoms with Gasteiger partial charge in [0.05, 0.1) is 23.2 Å². The molecule has 0 radical (unpaired) electrons. The molecule has 3 rings (SSSR count). The van der Waals surface area contributed by atoms with Gasteiger partial charge in [0.1, 0.15) is 0 Å². The zero-order valence-corrected chi connectivity index (χ0v) is 15.5. The fourth-order valence-electron chi connectivity index (χ4n) is 5.69. The SMILES string of the molecule is CCC1C(=O)OC(=O)C1C(C)(C)CC(C)(C)C12CCC1C(=O)OC2=O. The first-order valence-electron chi connectivity index (χ1n) is 8.99. The summed E-state index contributed by atoms with van der Waals surface area (Å²) in [5, 5.41) is 0. The van der Waals surface area contributed by atoms with Gasteiger partial charge in [0, 0.05) is 0 Å². The first-order chi connectivity index (χ1) is 11.5. The van der Waals surface area contributed by atoms with E-state index in [4.69, 9.17) is 9.47 Å². The van der Waals surface area contributed by atoms with Crippen molar-refractivity contribution in [2.75, 3.05) is 0 Å². The maximum atomic E-state index is 12.5. The van der Waals surface area contributed by atoms with Crippen LogP contribution in [0.25, 0.3) is 0 Å². The highest BCUT2D eigenvalue weighted by atomic mass is 16.6. The van der Waals surface area contributed by atoms with Crippen LogP contribution in [0, 0.1) is 34.0 Å². The van der Waals surface area contributed by atoms with Gasteiger partial charge in [0.15, 0.2) is 0 Å². The van der Waals surface area contributed by atoms with Crippen molar-refractivity contribution in [3.8, 4) is 0 Å². The van der Waals surface area contributed by atoms with Gasteiger partial charge in [-0.15, -0.1) is 0 Å². The van der Waals surface area contributed by atoms with Crippen molar-refractivity contribution in [1.82, 2.24) is 0 Å². The van der Waals surface area contributed by atoms with Crippen LogP contribution in [0.3, 0.4) is 0 Å². The lowest BCUT2D eigenvalue weighted by Crippen LogP contribution is -2.55. The molecule has 1 aliphatic carbocycles. The molecule has 2 aliphatic heterocycles. The van der Waals surface area contributed by atoms with E-state index in [0.717, 1.165) is 0 Å². The molecule has 2 saturated heterocycles. The molecule has 4 unspecified atom stereocenters. The normalized spacial score (nSPS) is 35.3. The predicted molar refractivity (Wildman–Crippen MR) is 86.8 cm³/mol. The molecule has 6 heteroatoms. The standard InChI is InChI=1S/C19H26O6/c1-6-10-12(15(22)24-13(10)20)17(2,3)9-18(4,5)19-8-7-11(19)14(21)25-16(19)23/h10-12H,6-9H2,1-5H3. The number of carbonyl (C=O) groups excluding carboxylic acids is 4. The molecule has 0 aromatic heterocycles. The van der Waals surface area contributed by atoms with Gasteiger partial charge in [-0.3, -0.25) is 19.2 Å². The van der Waals surface area contributed by atoms with Gasteiger partial charge in [0.2, 0.25) is 0 Å². The average molecular weight is 350 g/mol. The van der Waals surface area contributed by atoms with Gasteiger partial charge >= 0.3 is 23.9 Å². The molecule has 6 nitrogen and oxygen atoms in total. The number of carbonyl (C=O) groups is 4. The second-order valence-electron chi connectivity index (χ2n) is 9.05. The number of cyclic esters (lactones) is 4. The summed E-state index contributed by atoms with van der Waals surface area (Å²) < 4.78 is 9.81. The third kappa shape index (κ3) is 2.29. The Morgan fingerprint density at radius 1 is 1.00 bits per heavy atom. The summed E-state index contributed by atoms with van der Waals surface area (Å²) in [4.78, 5) is 48.7. The van der Waals surface area contributed by atoms with E-state index >= 15 is 0 Å². The van der Waals surface area contributed by atoms with Crippen LogP contribution < -0.4 is 0 Å². The van der Waals surface area contributed by atoms with Crippen molar-refractivity contribution < 1.29 is 28.7 Å². The summed E-state index contributed by atoms with van der Waals surface area (Å²) in [5.74, 6) is -3.18. The second-order valence-corrected chi connectivity index (χ2v) is 9.05. The van der Waals surface area contributed by atoms with Crippen molar-refractivity contribution in [2.24, 2.45) is 34.0 Å². The van der Waals surface area contributed by atoms with Crippen LogP contribution in [0.1, 0.15) is 60.3 Å². The minimum atomic E-state index is -0.810. The first kappa shape index (κ1) is 18.1. The second kappa shape index (κ2) is 5.39. The smallest absolute Gasteiger partial charge is 0.321 e. The zero-order valence-electron chi connectivity index (χ0n) is 15.5. The maximum absolute atomic E-state index is 12.5. The van der Waals surface area contributed by atoms with Crippen LogP contribution >= 0.6 is 0 Å². The van der Waals surface area contributed by atoms with Gasteiger partial charge in [-0.2, -0.15) is 0 Å². The Kier molecular flexibility index (Phi) is 3.90. The summed E-state index contributed by atoms with van der Waals surface area (Å²) in [6, 6.07) is 0. The van der Waals surface area contributed by atoms with Crippen LogP contribution in [-0.4, -0.2) is 23.9 Å². The third-order valence-electron chi connectivity index (χ3n) is 6.81. The van der Waals surface area contributed by atoms with Crippen LogP contribution in [0.5, 0.6) is 0 Å². The van der Waals surface area contributed by atoms with Gasteiger partial charge in [-0.25, -0.2) is 0 Å². The monoisotopic (exact) mass is 350 g/mol. The Bertz CT molecular complexity index is 661. The van der Waals surface area contributed by atoms with Crippen molar-refractivity contribution in [2.45, 2.75) is 60.3 Å². The van der Waals surface area contributed by atoms with Crippen molar-refractivity contribution in [1.29, 1.82) is 0 Å². The van der Waals surface area contributed by atoms with Gasteiger partial charge in [-0.05, 0) is 36.5 Å². The number of hydrogen-bond donors (Lipinski definition) is 0. The van der Waals surface area contributed by atoms with E-state index in [9.17, 15) is 19.2 Å². The number of fused-ring (bicyclic) bond motifs is 1. The summed E-state index contributed by atoms with van der Waals surface area (Å²) in [7, 11) is 0. The number of rotatable bonds is 5. The maximum Gasteiger partial charge on any atom is 0.321 e. The molecule has 0 N–H and O–H groups in total. The minimum Gasteiger partial charge on any atom is -0.393 e. The largest absolute Gasteiger partial charge is 0.393 e. The number of hydrogen-bond acceptors (Lipinski definition) is 6. The van der Waals surface area contributed by atoms with E-state index in [1.165, 1.54) is 0 Å². The highest BCUT2D eigenvalue weighted by Crippen LogP contribution is 2.65. The summed E-state index contributed by atoms with van der Waals surface area (Å²) in [6.45, 7) is 9.67. The quantitative estimate of drug-likeness (QED) is 0.559. The van der Waals surface area contributed by atoms with Crippen LogP contribution in [0.2, 0.25) is 0 Å². The molecule has 138 valence electrons. The molecule has 3 aliphatic rings. The van der Waals surface area contributed by atoms with Crippen LogP contribution in [0.4, 0.5) is 0 Å². The fourth-order valence-corrected chi connectivity index (χ4v) is 5.69. The highest BCUT2D eigenvalue weighted by molar-refractivity contribution is 6.01. The molecule has 3 fully saturated rings. The van der Waals surface area contributed by atoms with Gasteiger partial charge < -0.3 is 9.47 Å². The highest BCUT2D eigenvalue weighted by Gasteiger charge is 2.70. The Hall–Kier alpha value is -1.72. The molecule has 0 spiro atoms. The lowest BCUT2D eigenvalue weighted by atomic mass is 9.46. The lowest BCUT2D eigenvalue weighted by molar-refractivity contribution is -0.163. The van der Waals surface area contributed by atoms with E-state index in [0.29, 0.717) is 25.7 Å². The van der Waals surface area contributed by atoms with E-state index in [1.807, 2.05) is 34.6 Å². The van der Waals surface area contributed by atoms with Crippen molar-refractivity contribution in [3.05, 3.63) is 0 Å². The van der Waals surface area contributed by atoms with Crippen LogP contribution in [-0.2, 0) is 28.7 Å². The topological polar surface area (TPSA) is 86.7 Å². The Morgan fingerprint density at radius 2 is 1.64 bits per heavy atom. The molecule has 0 aromatic rings. The van der Waals surface area contributed by atoms with E-state index in [2.05, 4.69) is 0 Å². The first-order valence-corrected chi connectivity index (χ1v) is 8.99. The molecule has 0 aromatic carbocycles. The molecule has 0 amide bonds. The molecular weight excluding hydrogens is 324 g/mol. The Labute approximate surface area is 147 Å². The van der Waals surface area contributed by atoms with E-state index in [1.54, 1.807) is 0 Å². The van der Waals surface area contributed by atoms with Crippen molar-refractivity contribution in [3.63, 3.8) is 0 Å². The Morgan fingerprint density at radius 3 is 2.12 bits per heavy atom. The number of esters is 4. The average Bonchev–Trinajstić information content (AvgIpc) is 2.78. The summed E-state index contributed by atoms with van der Waals surface area (Å²) in [5.41, 5.74) is -1.89. The summed E-state index contributed by atoms with van der Waals surface area (Å²) >= 11 is 0. The fraction of sp³-hybridized carbons (Fsp3) is 0.789. The van der Waals surface area contributed by atoms with E-state index in [-0.39, 0.29) is 5.92 Å². The molecule has 25 heavy (non-hydrogen) atoms. The lowest BCUT2D eigenvalue weighted by Gasteiger charge is -2.53. The van der Waals surface area contributed by atoms with Crippen molar-refractivity contribution >= 4 is 23.9 Å². The molecule has 1 saturated carbocycles. The molecular formula is C19H26O6. The van der Waals surface area contributed by atoms with Crippen LogP contribution in [0.15, 0.2) is 0 Å². The number of ether oxygens (including phenoxy) is 2. The molecule has 0 bridgehead atoms. The van der Waals surface area contributed by atoms with E-state index < -0.39 is 52.0 Å². The molecule has 4 atom stereocenters. The van der Waals surface area contributed by atoms with Gasteiger partial charge in [-0.1, -0.05) is 34.6 Å². The van der Waals surface area contributed by atoms with Gasteiger partial charge in [0.25, 0.3) is 0 Å². The predicted octanol–water partition coefficient (Wildman–Crippen LogP) is 2.63.